The van der Waals surface area contributed by atoms with E-state index < -0.39 is 0 Å². The molecule has 0 radical (unpaired) electrons. The zero-order valence-corrected chi connectivity index (χ0v) is 18.6. The first kappa shape index (κ1) is 21.0. The number of amides is 1. The first-order chi connectivity index (χ1) is 14.5. The smallest absolute Gasteiger partial charge is 0.348 e. The summed E-state index contributed by atoms with van der Waals surface area (Å²) >= 11 is 1.35. The molecule has 4 heterocycles. The predicted molar refractivity (Wildman–Crippen MR) is 115 cm³/mol. The number of nitrogens with zero attached hydrogens (tertiary/aromatic N) is 4. The molecular formula is C21H28N4O4S. The van der Waals surface area contributed by atoms with Gasteiger partial charge in [0.15, 0.2) is 0 Å². The summed E-state index contributed by atoms with van der Waals surface area (Å²) in [6, 6.07) is 0. The lowest BCUT2D eigenvalue weighted by Gasteiger charge is -2.37. The third-order valence-electron chi connectivity index (χ3n) is 5.74. The summed E-state index contributed by atoms with van der Waals surface area (Å²) in [5.74, 6) is 1.32. The number of morpholine rings is 1. The van der Waals surface area contributed by atoms with Gasteiger partial charge in [0.1, 0.15) is 21.3 Å². The van der Waals surface area contributed by atoms with Crippen LogP contribution in [0.1, 0.15) is 40.8 Å². The van der Waals surface area contributed by atoms with Gasteiger partial charge in [0.05, 0.1) is 31.1 Å². The zero-order valence-electron chi connectivity index (χ0n) is 17.8. The van der Waals surface area contributed by atoms with Crippen LogP contribution in [0.2, 0.25) is 0 Å². The lowest BCUT2D eigenvalue weighted by molar-refractivity contribution is -0.139. The minimum atomic E-state index is -0.319. The Morgan fingerprint density at radius 3 is 2.70 bits per heavy atom. The van der Waals surface area contributed by atoms with E-state index in [0.29, 0.717) is 50.2 Å². The van der Waals surface area contributed by atoms with Crippen molar-refractivity contribution >= 4 is 39.2 Å². The van der Waals surface area contributed by atoms with Gasteiger partial charge in [-0.15, -0.1) is 11.3 Å². The number of esters is 1. The van der Waals surface area contributed by atoms with Gasteiger partial charge < -0.3 is 19.3 Å². The molecule has 162 valence electrons. The molecule has 0 bridgehead atoms. The molecule has 0 aliphatic carbocycles. The van der Waals surface area contributed by atoms with E-state index in [2.05, 4.69) is 9.88 Å². The molecule has 2 aromatic heterocycles. The Bertz CT molecular complexity index is 954. The van der Waals surface area contributed by atoms with Crippen LogP contribution in [0.15, 0.2) is 0 Å². The van der Waals surface area contributed by atoms with E-state index in [4.69, 9.17) is 14.5 Å². The molecule has 2 aliphatic rings. The molecule has 0 aromatic carbocycles. The number of rotatable bonds is 4. The number of hydrogen-bond acceptors (Lipinski definition) is 8. The van der Waals surface area contributed by atoms with E-state index in [0.717, 1.165) is 41.0 Å². The van der Waals surface area contributed by atoms with E-state index in [9.17, 15) is 9.59 Å². The fourth-order valence-corrected chi connectivity index (χ4v) is 5.37. The highest BCUT2D eigenvalue weighted by Gasteiger charge is 2.32. The van der Waals surface area contributed by atoms with Crippen molar-refractivity contribution in [3.63, 3.8) is 0 Å². The van der Waals surface area contributed by atoms with Crippen molar-refractivity contribution in [2.45, 2.75) is 33.6 Å². The standard InChI is InChI=1S/C21H28N4O4S/c1-4-29-21(27)17-13(2)16-18(22-14(3)23-19(16)30-17)25-7-5-6-15(12-25)20(26)24-8-10-28-11-9-24/h15H,4-12H2,1-3H3/t15-/m0/s1. The summed E-state index contributed by atoms with van der Waals surface area (Å²) in [6.07, 6.45) is 1.82. The monoisotopic (exact) mass is 432 g/mol. The molecule has 4 rings (SSSR count). The van der Waals surface area contributed by atoms with Crippen LogP contribution in [0.5, 0.6) is 0 Å². The largest absolute Gasteiger partial charge is 0.462 e. The quantitative estimate of drug-likeness (QED) is 0.687. The summed E-state index contributed by atoms with van der Waals surface area (Å²) in [5.41, 5.74) is 0.852. The van der Waals surface area contributed by atoms with Gasteiger partial charge in [-0.2, -0.15) is 0 Å². The average Bonchev–Trinajstić information content (AvgIpc) is 3.09. The number of anilines is 1. The molecule has 2 aliphatic heterocycles. The lowest BCUT2D eigenvalue weighted by Crippen LogP contribution is -2.48. The third kappa shape index (κ3) is 4.00. The van der Waals surface area contributed by atoms with E-state index in [1.807, 2.05) is 18.7 Å². The second kappa shape index (κ2) is 8.85. The van der Waals surface area contributed by atoms with Crippen LogP contribution in [-0.2, 0) is 14.3 Å². The molecule has 30 heavy (non-hydrogen) atoms. The molecule has 2 saturated heterocycles. The topological polar surface area (TPSA) is 84.9 Å². The summed E-state index contributed by atoms with van der Waals surface area (Å²) < 4.78 is 10.6. The van der Waals surface area contributed by atoms with Crippen molar-refractivity contribution in [1.82, 2.24) is 14.9 Å². The van der Waals surface area contributed by atoms with E-state index in [-0.39, 0.29) is 17.8 Å². The summed E-state index contributed by atoms with van der Waals surface area (Å²) in [5, 5.41) is 0.896. The number of carbonyl (C=O) groups is 2. The number of thiophene rings is 1. The van der Waals surface area contributed by atoms with Crippen LogP contribution in [-0.4, -0.2) is 72.7 Å². The molecule has 1 atom stereocenters. The van der Waals surface area contributed by atoms with Crippen molar-refractivity contribution in [3.8, 4) is 0 Å². The van der Waals surface area contributed by atoms with Crippen molar-refractivity contribution in [2.75, 3.05) is 50.9 Å². The lowest BCUT2D eigenvalue weighted by atomic mass is 9.96. The van der Waals surface area contributed by atoms with Crippen LogP contribution in [0.3, 0.4) is 0 Å². The Labute approximate surface area is 180 Å². The van der Waals surface area contributed by atoms with Crippen LogP contribution in [0.25, 0.3) is 10.2 Å². The fraction of sp³-hybridized carbons (Fsp3) is 0.619. The van der Waals surface area contributed by atoms with Crippen molar-refractivity contribution < 1.29 is 19.1 Å². The van der Waals surface area contributed by atoms with E-state index >= 15 is 0 Å². The van der Waals surface area contributed by atoms with Crippen molar-refractivity contribution in [2.24, 2.45) is 5.92 Å². The first-order valence-electron chi connectivity index (χ1n) is 10.6. The van der Waals surface area contributed by atoms with Gasteiger partial charge in [0.2, 0.25) is 5.91 Å². The molecule has 0 saturated carbocycles. The van der Waals surface area contributed by atoms with Crippen molar-refractivity contribution in [1.29, 1.82) is 0 Å². The molecule has 1 amide bonds. The molecule has 0 N–H and O–H groups in total. The maximum absolute atomic E-state index is 13.0. The Morgan fingerprint density at radius 2 is 1.97 bits per heavy atom. The second-order valence-electron chi connectivity index (χ2n) is 7.77. The Balaban J connectivity index is 1.64. The number of fused-ring (bicyclic) bond motifs is 1. The molecule has 9 heteroatoms. The minimum absolute atomic E-state index is 0.0503. The molecular weight excluding hydrogens is 404 g/mol. The van der Waals surface area contributed by atoms with Gasteiger partial charge in [-0.05, 0) is 39.2 Å². The predicted octanol–water partition coefficient (Wildman–Crippen LogP) is 2.56. The fourth-order valence-electron chi connectivity index (χ4n) is 4.25. The number of ether oxygens (including phenoxy) is 2. The van der Waals surface area contributed by atoms with Crippen molar-refractivity contribution in [3.05, 3.63) is 16.3 Å². The van der Waals surface area contributed by atoms with Crippen LogP contribution >= 0.6 is 11.3 Å². The van der Waals surface area contributed by atoms with Crippen LogP contribution < -0.4 is 4.90 Å². The maximum atomic E-state index is 13.0. The average molecular weight is 433 g/mol. The summed E-state index contributed by atoms with van der Waals surface area (Å²) in [7, 11) is 0. The Morgan fingerprint density at radius 1 is 1.20 bits per heavy atom. The van der Waals surface area contributed by atoms with Gasteiger partial charge in [-0.3, -0.25) is 4.79 Å². The van der Waals surface area contributed by atoms with Crippen LogP contribution in [0.4, 0.5) is 5.82 Å². The van der Waals surface area contributed by atoms with Gasteiger partial charge in [0.25, 0.3) is 0 Å². The van der Waals surface area contributed by atoms with E-state index in [1.54, 1.807) is 6.92 Å². The number of aryl methyl sites for hydroxylation is 2. The van der Waals surface area contributed by atoms with E-state index in [1.165, 1.54) is 11.3 Å². The zero-order chi connectivity index (χ0) is 21.3. The SMILES string of the molecule is CCOC(=O)c1sc2nc(C)nc(N3CCC[C@H](C(=O)N4CCOCC4)C3)c2c1C. The highest BCUT2D eigenvalue weighted by atomic mass is 32.1. The Kier molecular flexibility index (Phi) is 6.19. The highest BCUT2D eigenvalue weighted by molar-refractivity contribution is 7.20. The molecule has 2 fully saturated rings. The van der Waals surface area contributed by atoms with Gasteiger partial charge in [-0.1, -0.05) is 0 Å². The third-order valence-corrected chi connectivity index (χ3v) is 6.90. The second-order valence-corrected chi connectivity index (χ2v) is 8.77. The van der Waals surface area contributed by atoms with Gasteiger partial charge in [-0.25, -0.2) is 14.8 Å². The number of piperidine rings is 1. The molecule has 8 nitrogen and oxygen atoms in total. The first-order valence-corrected chi connectivity index (χ1v) is 11.4. The van der Waals surface area contributed by atoms with Gasteiger partial charge in [0, 0.05) is 26.2 Å². The summed E-state index contributed by atoms with van der Waals surface area (Å²) in [6.45, 7) is 9.94. The maximum Gasteiger partial charge on any atom is 0.348 e. The molecule has 0 spiro atoms. The Hall–Kier alpha value is -2.26. The number of aromatic nitrogens is 2. The van der Waals surface area contributed by atoms with Gasteiger partial charge >= 0.3 is 5.97 Å². The number of hydrogen-bond donors (Lipinski definition) is 0. The van der Waals surface area contributed by atoms with Crippen LogP contribution in [0, 0.1) is 19.8 Å². The minimum Gasteiger partial charge on any atom is -0.462 e. The normalized spacial score (nSPS) is 19.9. The molecule has 2 aromatic rings. The highest BCUT2D eigenvalue weighted by Crippen LogP contribution is 2.37. The molecule has 0 unspecified atom stereocenters. The summed E-state index contributed by atoms with van der Waals surface area (Å²) in [4.78, 5) is 40.2. The number of carbonyl (C=O) groups excluding carboxylic acids is 2.